The Morgan fingerprint density at radius 2 is 1.34 bits per heavy atom. The SMILES string of the molecule is C=C(C)C(=O)OC.C=CC(=O)NCO.C=CC(=O)O.C=CC(=O)OCC.C=CC(=O)OCCCC. The first kappa shape index (κ1) is 41.3. The van der Waals surface area contributed by atoms with Crippen molar-refractivity contribution in [3.8, 4) is 0 Å². The van der Waals surface area contributed by atoms with Gasteiger partial charge in [0.25, 0.3) is 0 Å². The van der Waals surface area contributed by atoms with Crippen LogP contribution in [0.5, 0.6) is 0 Å². The van der Waals surface area contributed by atoms with Gasteiger partial charge in [-0.25, -0.2) is 19.2 Å². The molecule has 0 bridgehead atoms. The average Bonchev–Trinajstić information content (AvgIpc) is 2.85. The van der Waals surface area contributed by atoms with Crippen LogP contribution < -0.4 is 5.32 Å². The number of nitrogens with one attached hydrogen (secondary N) is 1. The van der Waals surface area contributed by atoms with Gasteiger partial charge in [-0.05, 0) is 26.3 Å². The highest BCUT2D eigenvalue weighted by Crippen LogP contribution is 1.88. The summed E-state index contributed by atoms with van der Waals surface area (Å²) >= 11 is 0. The summed E-state index contributed by atoms with van der Waals surface area (Å²) in [7, 11) is 1.33. The zero-order chi connectivity index (χ0) is 28.7. The van der Waals surface area contributed by atoms with Crippen LogP contribution in [0, 0.1) is 0 Å². The number of unbranched alkanes of at least 4 members (excludes halogenated alkanes) is 1. The number of aliphatic hydroxyl groups excluding tert-OH is 1. The normalized spacial score (nSPS) is 7.69. The van der Waals surface area contributed by atoms with Gasteiger partial charge in [-0.2, -0.15) is 0 Å². The fourth-order valence-corrected chi connectivity index (χ4v) is 0.902. The molecule has 0 unspecified atom stereocenters. The number of esters is 3. The summed E-state index contributed by atoms with van der Waals surface area (Å²) < 4.78 is 13.4. The van der Waals surface area contributed by atoms with E-state index in [9.17, 15) is 24.0 Å². The number of carboxylic acid groups (broad SMARTS) is 1. The molecule has 0 spiro atoms. The lowest BCUT2D eigenvalue weighted by Crippen LogP contribution is -2.20. The van der Waals surface area contributed by atoms with Gasteiger partial charge in [0.05, 0.1) is 20.3 Å². The van der Waals surface area contributed by atoms with Crippen LogP contribution in [0.15, 0.2) is 62.8 Å². The predicted molar refractivity (Wildman–Crippen MR) is 133 cm³/mol. The molecule has 200 valence electrons. The fraction of sp³-hybridized carbons (Fsp3) is 0.375. The third-order valence-electron chi connectivity index (χ3n) is 2.51. The van der Waals surface area contributed by atoms with Crippen molar-refractivity contribution in [3.63, 3.8) is 0 Å². The largest absolute Gasteiger partial charge is 0.478 e. The molecular formula is C24H39NO10. The van der Waals surface area contributed by atoms with E-state index >= 15 is 0 Å². The first-order valence-electron chi connectivity index (χ1n) is 10.1. The summed E-state index contributed by atoms with van der Waals surface area (Å²) in [5.41, 5.74) is 0.433. The van der Waals surface area contributed by atoms with Crippen molar-refractivity contribution in [3.05, 3.63) is 62.8 Å². The number of aliphatic hydroxyl groups is 1. The summed E-state index contributed by atoms with van der Waals surface area (Å²) in [6.45, 7) is 21.9. The molecule has 35 heavy (non-hydrogen) atoms. The minimum absolute atomic E-state index is 0.329. The van der Waals surface area contributed by atoms with Gasteiger partial charge in [0.15, 0.2) is 0 Å². The van der Waals surface area contributed by atoms with E-state index in [2.05, 4.69) is 52.4 Å². The van der Waals surface area contributed by atoms with Crippen molar-refractivity contribution < 1.29 is 48.4 Å². The van der Waals surface area contributed by atoms with Crippen molar-refractivity contribution in [2.75, 3.05) is 27.1 Å². The maximum Gasteiger partial charge on any atom is 0.332 e. The molecule has 0 aliphatic carbocycles. The van der Waals surface area contributed by atoms with Crippen LogP contribution in [0.3, 0.4) is 0 Å². The van der Waals surface area contributed by atoms with Crippen molar-refractivity contribution in [2.45, 2.75) is 33.6 Å². The first-order chi connectivity index (χ1) is 16.4. The van der Waals surface area contributed by atoms with E-state index in [-0.39, 0.29) is 30.5 Å². The van der Waals surface area contributed by atoms with Gasteiger partial charge in [0.1, 0.15) is 6.73 Å². The molecule has 3 N–H and O–H groups in total. The molecule has 0 heterocycles. The molecule has 0 rings (SSSR count). The van der Waals surface area contributed by atoms with E-state index in [0.29, 0.717) is 18.8 Å². The number of carboxylic acids is 1. The molecule has 0 aliphatic rings. The van der Waals surface area contributed by atoms with Crippen molar-refractivity contribution >= 4 is 29.8 Å². The second-order valence-corrected chi connectivity index (χ2v) is 5.40. The Bertz CT molecular complexity index is 644. The maximum atomic E-state index is 10.3. The number of hydrogen-bond acceptors (Lipinski definition) is 9. The van der Waals surface area contributed by atoms with Crippen LogP contribution in [-0.4, -0.2) is 67.1 Å². The number of aliphatic carboxylic acids is 1. The van der Waals surface area contributed by atoms with Crippen LogP contribution in [0.1, 0.15) is 33.6 Å². The van der Waals surface area contributed by atoms with Gasteiger partial charge < -0.3 is 29.7 Å². The van der Waals surface area contributed by atoms with Crippen LogP contribution >= 0.6 is 0 Å². The lowest BCUT2D eigenvalue weighted by Gasteiger charge is -1.97. The Morgan fingerprint density at radius 1 is 0.886 bits per heavy atom. The van der Waals surface area contributed by atoms with E-state index in [1.807, 2.05) is 6.92 Å². The van der Waals surface area contributed by atoms with E-state index in [1.165, 1.54) is 13.2 Å². The molecule has 0 aromatic heterocycles. The number of rotatable bonds is 10. The molecule has 0 atom stereocenters. The molecule has 0 saturated heterocycles. The van der Waals surface area contributed by atoms with E-state index in [4.69, 9.17) is 10.2 Å². The van der Waals surface area contributed by atoms with Crippen LogP contribution in [0.2, 0.25) is 0 Å². The second-order valence-electron chi connectivity index (χ2n) is 5.40. The molecule has 11 heteroatoms. The average molecular weight is 502 g/mol. The van der Waals surface area contributed by atoms with E-state index in [0.717, 1.165) is 31.1 Å². The van der Waals surface area contributed by atoms with Gasteiger partial charge in [0.2, 0.25) is 5.91 Å². The third-order valence-corrected chi connectivity index (χ3v) is 2.51. The number of hydrogen-bond donors (Lipinski definition) is 3. The molecule has 0 fully saturated rings. The van der Waals surface area contributed by atoms with E-state index in [1.54, 1.807) is 13.8 Å². The second kappa shape index (κ2) is 34.6. The number of carbonyl (C=O) groups is 5. The minimum atomic E-state index is -0.981. The predicted octanol–water partition coefficient (Wildman–Crippen LogP) is 2.48. The molecule has 0 aromatic rings. The highest BCUT2D eigenvalue weighted by molar-refractivity contribution is 5.87. The Hall–Kier alpha value is -3.99. The number of methoxy groups -OCH3 is 1. The summed E-state index contributed by atoms with van der Waals surface area (Å²) in [6.07, 6.45) is 6.22. The highest BCUT2D eigenvalue weighted by atomic mass is 16.5. The van der Waals surface area contributed by atoms with Gasteiger partial charge in [-0.1, -0.05) is 46.2 Å². The Labute approximate surface area is 207 Å². The summed E-state index contributed by atoms with van der Waals surface area (Å²) in [5, 5.41) is 17.7. The van der Waals surface area contributed by atoms with Crippen molar-refractivity contribution in [2.24, 2.45) is 0 Å². The van der Waals surface area contributed by atoms with Crippen molar-refractivity contribution in [1.82, 2.24) is 5.32 Å². The Kier molecular flexibility index (Phi) is 40.8. The Morgan fingerprint density at radius 3 is 1.51 bits per heavy atom. The van der Waals surface area contributed by atoms with Gasteiger partial charge in [-0.3, -0.25) is 4.79 Å². The van der Waals surface area contributed by atoms with Crippen molar-refractivity contribution in [1.29, 1.82) is 0 Å². The highest BCUT2D eigenvalue weighted by Gasteiger charge is 1.95. The topological polar surface area (TPSA) is 166 Å². The molecular weight excluding hydrogens is 462 g/mol. The van der Waals surface area contributed by atoms with Crippen LogP contribution in [0.4, 0.5) is 0 Å². The van der Waals surface area contributed by atoms with Gasteiger partial charge in [0, 0.05) is 23.8 Å². The zero-order valence-corrected chi connectivity index (χ0v) is 21.0. The maximum absolute atomic E-state index is 10.3. The summed E-state index contributed by atoms with van der Waals surface area (Å²) in [6, 6.07) is 0. The lowest BCUT2D eigenvalue weighted by molar-refractivity contribution is -0.138. The molecule has 0 radical (unpaired) electrons. The lowest BCUT2D eigenvalue weighted by atomic mass is 10.4. The van der Waals surface area contributed by atoms with Crippen LogP contribution in [-0.2, 0) is 38.2 Å². The summed E-state index contributed by atoms with van der Waals surface area (Å²) in [5.74, 6) is -2.38. The minimum Gasteiger partial charge on any atom is -0.478 e. The monoisotopic (exact) mass is 501 g/mol. The fourth-order valence-electron chi connectivity index (χ4n) is 0.902. The first-order valence-corrected chi connectivity index (χ1v) is 10.1. The summed E-state index contributed by atoms with van der Waals surface area (Å²) in [4.78, 5) is 49.9. The number of ether oxygens (including phenoxy) is 3. The van der Waals surface area contributed by atoms with Gasteiger partial charge >= 0.3 is 23.9 Å². The number of amides is 1. The molecule has 11 nitrogen and oxygen atoms in total. The molecule has 0 saturated carbocycles. The molecule has 0 aromatic carbocycles. The third kappa shape index (κ3) is 53.3. The quantitative estimate of drug-likeness (QED) is 0.133. The van der Waals surface area contributed by atoms with Gasteiger partial charge in [-0.15, -0.1) is 0 Å². The van der Waals surface area contributed by atoms with Crippen LogP contribution in [0.25, 0.3) is 0 Å². The molecule has 0 aliphatic heterocycles. The number of carbonyl (C=O) groups excluding carboxylic acids is 4. The smallest absolute Gasteiger partial charge is 0.332 e. The Balaban J connectivity index is -0.000000108. The van der Waals surface area contributed by atoms with E-state index < -0.39 is 5.97 Å². The standard InChI is InChI=1S/C7H12O2.2C5H8O2.C4H7NO2.C3H4O2/c1-3-5-6-9-7(8)4-2;1-4(2)5(6)7-3;1-3-5(6)7-4-2;1-2-4(7)5-3-6;1-2-3(4)5/h4H,2-3,5-6H2,1H3;1H2,2-3H3;3H,1,4H2,2H3;2,6H,1,3H2,(H,5,7);2H,1H2,(H,4,5). The molecule has 1 amide bonds. The zero-order valence-electron chi connectivity index (χ0n) is 21.0.